The Balaban J connectivity index is 1.99. The van der Waals surface area contributed by atoms with Gasteiger partial charge in [0.15, 0.2) is 11.5 Å². The Hall–Kier alpha value is -2.49. The number of para-hydroxylation sites is 1. The highest BCUT2D eigenvalue weighted by atomic mass is 16.5. The van der Waals surface area contributed by atoms with Crippen LogP contribution in [0.3, 0.4) is 0 Å². The summed E-state index contributed by atoms with van der Waals surface area (Å²) in [6.07, 6.45) is 0.703. The average Bonchev–Trinajstić information content (AvgIpc) is 2.61. The van der Waals surface area contributed by atoms with Gasteiger partial charge in [-0.05, 0) is 18.6 Å². The maximum Gasteiger partial charge on any atom is 0.313 e. The second-order valence-corrected chi connectivity index (χ2v) is 5.21. The molecule has 2 aromatic carbocycles. The van der Waals surface area contributed by atoms with Gasteiger partial charge in [-0.1, -0.05) is 42.5 Å². The van der Waals surface area contributed by atoms with E-state index in [1.165, 1.54) is 0 Å². The minimum atomic E-state index is -0.421. The van der Waals surface area contributed by atoms with E-state index in [1.54, 1.807) is 20.3 Å². The molecule has 1 unspecified atom stereocenters. The molecule has 0 aliphatic carbocycles. The fraction of sp³-hybridized carbons (Fsp3) is 0.316. The predicted molar refractivity (Wildman–Crippen MR) is 89.1 cm³/mol. The Labute approximate surface area is 137 Å². The van der Waals surface area contributed by atoms with E-state index in [-0.39, 0.29) is 5.97 Å². The SMILES string of the molecule is COc1cccc(C(C)C(=O)OCCc2ccccc2)c1OC. The fourth-order valence-electron chi connectivity index (χ4n) is 2.42. The molecule has 2 rings (SSSR count). The third-order valence-corrected chi connectivity index (χ3v) is 3.73. The molecule has 0 radical (unpaired) electrons. The van der Waals surface area contributed by atoms with Crippen LogP contribution < -0.4 is 9.47 Å². The number of hydrogen-bond acceptors (Lipinski definition) is 4. The summed E-state index contributed by atoms with van der Waals surface area (Å²) in [7, 11) is 3.14. The number of methoxy groups -OCH3 is 2. The van der Waals surface area contributed by atoms with Gasteiger partial charge in [-0.3, -0.25) is 4.79 Å². The van der Waals surface area contributed by atoms with Crippen LogP contribution in [0.25, 0.3) is 0 Å². The van der Waals surface area contributed by atoms with Gasteiger partial charge in [0, 0.05) is 12.0 Å². The molecule has 0 heterocycles. The maximum absolute atomic E-state index is 12.3. The normalized spacial score (nSPS) is 11.6. The highest BCUT2D eigenvalue weighted by molar-refractivity contribution is 5.79. The number of rotatable bonds is 7. The smallest absolute Gasteiger partial charge is 0.313 e. The first-order chi connectivity index (χ1) is 11.2. The van der Waals surface area contributed by atoms with E-state index in [0.29, 0.717) is 24.5 Å². The quantitative estimate of drug-likeness (QED) is 0.733. The van der Waals surface area contributed by atoms with Gasteiger partial charge in [0.05, 0.1) is 26.7 Å². The summed E-state index contributed by atoms with van der Waals surface area (Å²) in [6.45, 7) is 2.17. The first kappa shape index (κ1) is 16.9. The van der Waals surface area contributed by atoms with Crippen molar-refractivity contribution in [3.05, 3.63) is 59.7 Å². The van der Waals surface area contributed by atoms with Crippen LogP contribution in [0.1, 0.15) is 24.0 Å². The van der Waals surface area contributed by atoms with Crippen molar-refractivity contribution in [3.8, 4) is 11.5 Å². The van der Waals surface area contributed by atoms with Crippen molar-refractivity contribution in [2.45, 2.75) is 19.3 Å². The first-order valence-electron chi connectivity index (χ1n) is 7.58. The summed E-state index contributed by atoms with van der Waals surface area (Å²) in [5, 5.41) is 0. The first-order valence-corrected chi connectivity index (χ1v) is 7.58. The monoisotopic (exact) mass is 314 g/mol. The van der Waals surface area contributed by atoms with Gasteiger partial charge in [0.25, 0.3) is 0 Å². The molecule has 0 spiro atoms. The Kier molecular flexibility index (Phi) is 6.03. The van der Waals surface area contributed by atoms with Gasteiger partial charge in [0.1, 0.15) is 0 Å². The zero-order valence-corrected chi connectivity index (χ0v) is 13.7. The summed E-state index contributed by atoms with van der Waals surface area (Å²) in [5.74, 6) is 0.486. The third kappa shape index (κ3) is 4.25. The van der Waals surface area contributed by atoms with Crippen LogP contribution in [-0.4, -0.2) is 26.8 Å². The zero-order valence-electron chi connectivity index (χ0n) is 13.7. The van der Waals surface area contributed by atoms with Crippen LogP contribution in [0.5, 0.6) is 11.5 Å². The Morgan fingerprint density at radius 3 is 2.39 bits per heavy atom. The number of carbonyl (C=O) groups excluding carboxylic acids is 1. The van der Waals surface area contributed by atoms with E-state index in [1.807, 2.05) is 49.4 Å². The molecular formula is C19H22O4. The van der Waals surface area contributed by atoms with Gasteiger partial charge in [0.2, 0.25) is 0 Å². The molecule has 0 aliphatic heterocycles. The van der Waals surface area contributed by atoms with E-state index in [4.69, 9.17) is 14.2 Å². The molecular weight excluding hydrogens is 292 g/mol. The minimum absolute atomic E-state index is 0.271. The van der Waals surface area contributed by atoms with Crippen LogP contribution in [-0.2, 0) is 16.0 Å². The molecule has 23 heavy (non-hydrogen) atoms. The van der Waals surface area contributed by atoms with E-state index in [2.05, 4.69) is 0 Å². The van der Waals surface area contributed by atoms with E-state index in [9.17, 15) is 4.79 Å². The van der Waals surface area contributed by atoms with Crippen molar-refractivity contribution in [2.75, 3.05) is 20.8 Å². The lowest BCUT2D eigenvalue weighted by atomic mass is 10.00. The molecule has 4 heteroatoms. The highest BCUT2D eigenvalue weighted by Gasteiger charge is 2.22. The second kappa shape index (κ2) is 8.22. The molecule has 2 aromatic rings. The summed E-state index contributed by atoms with van der Waals surface area (Å²) in [4.78, 5) is 12.3. The lowest BCUT2D eigenvalue weighted by Crippen LogP contribution is -2.16. The topological polar surface area (TPSA) is 44.8 Å². The van der Waals surface area contributed by atoms with Crippen LogP contribution in [0.2, 0.25) is 0 Å². The molecule has 122 valence electrons. The van der Waals surface area contributed by atoms with E-state index >= 15 is 0 Å². The number of benzene rings is 2. The third-order valence-electron chi connectivity index (χ3n) is 3.73. The molecule has 1 atom stereocenters. The molecule has 0 N–H and O–H groups in total. The van der Waals surface area contributed by atoms with Crippen molar-refractivity contribution in [2.24, 2.45) is 0 Å². The molecule has 0 aromatic heterocycles. The predicted octanol–water partition coefficient (Wildman–Crippen LogP) is 3.59. The lowest BCUT2D eigenvalue weighted by Gasteiger charge is -2.17. The summed E-state index contributed by atoms with van der Waals surface area (Å²) >= 11 is 0. The fourth-order valence-corrected chi connectivity index (χ4v) is 2.42. The van der Waals surface area contributed by atoms with Gasteiger partial charge in [-0.2, -0.15) is 0 Å². The zero-order chi connectivity index (χ0) is 16.7. The Bertz CT molecular complexity index is 637. The summed E-state index contributed by atoms with van der Waals surface area (Å²) in [6, 6.07) is 15.4. The maximum atomic E-state index is 12.3. The molecule has 0 aliphatic rings. The molecule has 0 amide bonds. The second-order valence-electron chi connectivity index (χ2n) is 5.21. The summed E-state index contributed by atoms with van der Waals surface area (Å²) < 4.78 is 16.0. The van der Waals surface area contributed by atoms with Gasteiger partial charge in [-0.25, -0.2) is 0 Å². The van der Waals surface area contributed by atoms with E-state index in [0.717, 1.165) is 11.1 Å². The van der Waals surface area contributed by atoms with Crippen molar-refractivity contribution in [1.29, 1.82) is 0 Å². The molecule has 4 nitrogen and oxygen atoms in total. The van der Waals surface area contributed by atoms with Crippen molar-refractivity contribution in [3.63, 3.8) is 0 Å². The summed E-state index contributed by atoms with van der Waals surface area (Å²) in [5.41, 5.74) is 1.91. The van der Waals surface area contributed by atoms with Crippen LogP contribution in [0.15, 0.2) is 48.5 Å². The van der Waals surface area contributed by atoms with Crippen molar-refractivity contribution >= 4 is 5.97 Å². The van der Waals surface area contributed by atoms with Gasteiger partial charge in [-0.15, -0.1) is 0 Å². The molecule has 0 saturated carbocycles. The van der Waals surface area contributed by atoms with Crippen LogP contribution in [0.4, 0.5) is 0 Å². The van der Waals surface area contributed by atoms with Crippen molar-refractivity contribution < 1.29 is 19.0 Å². The number of esters is 1. The number of carbonyl (C=O) groups is 1. The number of ether oxygens (including phenoxy) is 3. The van der Waals surface area contributed by atoms with Crippen molar-refractivity contribution in [1.82, 2.24) is 0 Å². The molecule has 0 bridgehead atoms. The Morgan fingerprint density at radius 1 is 1.00 bits per heavy atom. The van der Waals surface area contributed by atoms with Crippen LogP contribution in [0, 0.1) is 0 Å². The van der Waals surface area contributed by atoms with E-state index < -0.39 is 5.92 Å². The average molecular weight is 314 g/mol. The largest absolute Gasteiger partial charge is 0.493 e. The van der Waals surface area contributed by atoms with Gasteiger partial charge >= 0.3 is 5.97 Å². The highest BCUT2D eigenvalue weighted by Crippen LogP contribution is 2.35. The minimum Gasteiger partial charge on any atom is -0.493 e. The van der Waals surface area contributed by atoms with Crippen LogP contribution >= 0.6 is 0 Å². The Morgan fingerprint density at radius 2 is 1.74 bits per heavy atom. The molecule has 0 saturated heterocycles. The lowest BCUT2D eigenvalue weighted by molar-refractivity contribution is -0.145. The number of hydrogen-bond donors (Lipinski definition) is 0. The standard InChI is InChI=1S/C19H22O4/c1-14(16-10-7-11-17(21-2)18(16)22-3)19(20)23-13-12-15-8-5-4-6-9-15/h4-11,14H,12-13H2,1-3H3. The molecule has 0 fully saturated rings. The van der Waals surface area contributed by atoms with Gasteiger partial charge < -0.3 is 14.2 Å².